The molecular formula is C43H47BrClFN6O7S. The number of hydrogen-bond donors (Lipinski definition) is 2. The highest BCUT2D eigenvalue weighted by atomic mass is 79.9. The van der Waals surface area contributed by atoms with E-state index in [0.717, 1.165) is 68.8 Å². The highest BCUT2D eigenvalue weighted by Gasteiger charge is 2.35. The lowest BCUT2D eigenvalue weighted by molar-refractivity contribution is -0.386. The van der Waals surface area contributed by atoms with Gasteiger partial charge in [0.1, 0.15) is 41.0 Å². The van der Waals surface area contributed by atoms with Gasteiger partial charge in [-0.25, -0.2) is 9.37 Å². The van der Waals surface area contributed by atoms with E-state index in [1.165, 1.54) is 35.0 Å². The molecule has 13 nitrogen and oxygen atoms in total. The van der Waals surface area contributed by atoms with Crippen LogP contribution in [0.25, 0.3) is 5.57 Å². The summed E-state index contributed by atoms with van der Waals surface area (Å²) in [5, 5.41) is 12.7. The first-order valence-corrected chi connectivity index (χ1v) is 22.1. The van der Waals surface area contributed by atoms with Crippen LogP contribution in [0, 0.1) is 15.5 Å². The number of carbonyl (C=O) groups is 1. The van der Waals surface area contributed by atoms with Crippen molar-refractivity contribution in [2.24, 2.45) is 5.41 Å². The highest BCUT2D eigenvalue weighted by molar-refractivity contribution is 9.10. The zero-order valence-electron chi connectivity index (χ0n) is 33.4. The predicted molar refractivity (Wildman–Crippen MR) is 234 cm³/mol. The smallest absolute Gasteiger partial charge is 0.316 e. The number of nitro groups is 1. The predicted octanol–water partition coefficient (Wildman–Crippen LogP) is 8.92. The maximum absolute atomic E-state index is 15.1. The van der Waals surface area contributed by atoms with E-state index in [2.05, 4.69) is 61.4 Å². The third kappa shape index (κ3) is 10.7. The fraction of sp³-hybridized carbons (Fsp3) is 0.395. The average molecular weight is 926 g/mol. The summed E-state index contributed by atoms with van der Waals surface area (Å²) in [6.45, 7) is 8.73. The van der Waals surface area contributed by atoms with Gasteiger partial charge >= 0.3 is 5.69 Å². The molecule has 0 radical (unpaired) electrons. The van der Waals surface area contributed by atoms with Crippen molar-refractivity contribution < 1.29 is 32.9 Å². The summed E-state index contributed by atoms with van der Waals surface area (Å²) < 4.78 is 48.6. The van der Waals surface area contributed by atoms with E-state index in [-0.39, 0.29) is 59.2 Å². The van der Waals surface area contributed by atoms with E-state index in [9.17, 15) is 19.5 Å². The summed E-state index contributed by atoms with van der Waals surface area (Å²) in [5.41, 5.74) is 8.94. The van der Waals surface area contributed by atoms with Gasteiger partial charge in [0.05, 0.1) is 27.2 Å². The zero-order chi connectivity index (χ0) is 42.6. The van der Waals surface area contributed by atoms with Crippen LogP contribution in [0.15, 0.2) is 87.9 Å². The maximum atomic E-state index is 15.1. The molecule has 1 atom stereocenters. The summed E-state index contributed by atoms with van der Waals surface area (Å²) in [5.74, 6) is -0.189. The number of nitrogen functional groups attached to an aromatic ring is 1. The monoisotopic (exact) mass is 924 g/mol. The second kappa shape index (κ2) is 18.7. The molecule has 3 aliphatic rings. The maximum Gasteiger partial charge on any atom is 0.316 e. The SMILES string of the molecule is CC1(C)CCC(CN2CCN(c3ccc(C(=O)N[S+]([O-])c4ccc(OCC5(F)CCOCC5)c([N+](=O)[O-])c4)c(Oc4cnc(N)c(Br)c4)c3)CC2)=C(c2ccc(Cl)cc2)C1. The Labute approximate surface area is 365 Å². The number of halogens is 3. The lowest BCUT2D eigenvalue weighted by Gasteiger charge is -2.39. The normalized spacial score (nSPS) is 18.5. The first kappa shape index (κ1) is 43.6. The van der Waals surface area contributed by atoms with Crippen LogP contribution in [-0.2, 0) is 16.1 Å². The van der Waals surface area contributed by atoms with Crippen molar-refractivity contribution in [2.75, 3.05) is 63.2 Å². The Kier molecular flexibility index (Phi) is 13.6. The molecule has 318 valence electrons. The number of nitrogens with two attached hydrogens (primary N) is 1. The first-order chi connectivity index (χ1) is 28.6. The van der Waals surface area contributed by atoms with Crippen LogP contribution >= 0.6 is 27.5 Å². The van der Waals surface area contributed by atoms with Crippen molar-refractivity contribution in [2.45, 2.75) is 56.5 Å². The number of pyridine rings is 1. The molecule has 2 aliphatic heterocycles. The number of nitrogens with one attached hydrogen (secondary N) is 1. The number of rotatable bonds is 13. The van der Waals surface area contributed by atoms with Gasteiger partial charge in [0.15, 0.2) is 10.6 Å². The van der Waals surface area contributed by atoms with Gasteiger partial charge in [-0.15, -0.1) is 0 Å². The second-order valence-electron chi connectivity index (χ2n) is 16.2. The molecule has 2 fully saturated rings. The van der Waals surface area contributed by atoms with Crippen LogP contribution in [0.3, 0.4) is 0 Å². The molecular weight excluding hydrogens is 879 g/mol. The fourth-order valence-electron chi connectivity index (χ4n) is 7.66. The number of alkyl halides is 1. The Morgan fingerprint density at radius 1 is 1.05 bits per heavy atom. The Bertz CT molecular complexity index is 2250. The molecule has 1 aliphatic carbocycles. The largest absolute Gasteiger partial charge is 0.588 e. The molecule has 3 N–H and O–H groups in total. The Balaban J connectivity index is 1.06. The summed E-state index contributed by atoms with van der Waals surface area (Å²) in [4.78, 5) is 33.9. The number of allylic oxidation sites excluding steroid dienone is 1. The van der Waals surface area contributed by atoms with E-state index >= 15 is 4.39 Å². The van der Waals surface area contributed by atoms with Crippen molar-refractivity contribution in [3.63, 3.8) is 0 Å². The number of hydrogen-bond acceptors (Lipinski definition) is 11. The number of piperazine rings is 1. The van der Waals surface area contributed by atoms with Gasteiger partial charge in [-0.05, 0) is 88.1 Å². The quantitative estimate of drug-likeness (QED) is 0.0746. The molecule has 2 saturated heterocycles. The summed E-state index contributed by atoms with van der Waals surface area (Å²) in [6.07, 6.45) is 4.84. The standard InChI is InChI=1S/C43H47BrClFN6O7S/c1-42(2)12-11-29(35(24-42)28-3-5-30(45)6-4-28)26-50-15-17-51(18-16-50)31-7-9-34(39(21-31)59-32-22-36(44)40(47)48-25-32)41(53)49-60(56)33-8-10-38(37(23-33)52(54)55)58-27-43(46)13-19-57-20-14-43/h3-10,21-23,25H,11-20,24,26-27H2,1-2H3,(H2,47,48)(H,49,53). The number of anilines is 2. The number of amides is 1. The third-order valence-electron chi connectivity index (χ3n) is 11.2. The van der Waals surface area contributed by atoms with Gasteiger partial charge in [0, 0.05) is 81.6 Å². The molecule has 1 aromatic heterocycles. The molecule has 3 aromatic carbocycles. The lowest BCUT2D eigenvalue weighted by atomic mass is 9.72. The summed E-state index contributed by atoms with van der Waals surface area (Å²) >= 11 is 7.37. The van der Waals surface area contributed by atoms with Gasteiger partial charge < -0.3 is 29.4 Å². The minimum Gasteiger partial charge on any atom is -0.588 e. The molecule has 0 spiro atoms. The van der Waals surface area contributed by atoms with Crippen molar-refractivity contribution in [1.29, 1.82) is 0 Å². The third-order valence-corrected chi connectivity index (χ3v) is 13.2. The topological polar surface area (TPSA) is 168 Å². The number of carbonyl (C=O) groups excluding carboxylic acids is 1. The molecule has 60 heavy (non-hydrogen) atoms. The molecule has 0 saturated carbocycles. The number of benzene rings is 3. The van der Waals surface area contributed by atoms with Crippen LogP contribution < -0.4 is 24.8 Å². The zero-order valence-corrected chi connectivity index (χ0v) is 36.5. The van der Waals surface area contributed by atoms with E-state index in [1.807, 2.05) is 18.2 Å². The van der Waals surface area contributed by atoms with E-state index < -0.39 is 40.2 Å². The molecule has 4 aromatic rings. The number of ether oxygens (including phenoxy) is 3. The van der Waals surface area contributed by atoms with Crippen LogP contribution in [0.5, 0.6) is 17.2 Å². The molecule has 17 heteroatoms. The van der Waals surface area contributed by atoms with E-state index in [1.54, 1.807) is 18.2 Å². The van der Waals surface area contributed by atoms with Crippen LogP contribution in [0.1, 0.15) is 61.9 Å². The number of aromatic nitrogens is 1. The van der Waals surface area contributed by atoms with Crippen LogP contribution in [-0.4, -0.2) is 83.5 Å². The lowest BCUT2D eigenvalue weighted by Crippen LogP contribution is -2.47. The minimum absolute atomic E-state index is 0.0555. The molecule has 1 amide bonds. The van der Waals surface area contributed by atoms with Gasteiger partial charge in [-0.1, -0.05) is 43.2 Å². The summed E-state index contributed by atoms with van der Waals surface area (Å²) in [7, 11) is 0. The van der Waals surface area contributed by atoms with E-state index in [4.69, 9.17) is 31.5 Å². The number of nitro benzene ring substituents is 1. The molecule has 3 heterocycles. The number of nitrogens with zero attached hydrogens (tertiary/aromatic N) is 4. The fourth-order valence-corrected chi connectivity index (χ4v) is 8.92. The molecule has 0 bridgehead atoms. The minimum atomic E-state index is -2.23. The van der Waals surface area contributed by atoms with Crippen molar-refractivity contribution in [3.8, 4) is 17.2 Å². The first-order valence-electron chi connectivity index (χ1n) is 19.7. The second-order valence-corrected chi connectivity index (χ2v) is 18.7. The Morgan fingerprint density at radius 3 is 2.48 bits per heavy atom. The summed E-state index contributed by atoms with van der Waals surface area (Å²) in [6, 6.07) is 18.6. The average Bonchev–Trinajstić information content (AvgIpc) is 3.22. The van der Waals surface area contributed by atoms with Crippen molar-refractivity contribution in [3.05, 3.63) is 109 Å². The molecule has 1 unspecified atom stereocenters. The van der Waals surface area contributed by atoms with Crippen LogP contribution in [0.2, 0.25) is 5.02 Å². The van der Waals surface area contributed by atoms with Crippen LogP contribution in [0.4, 0.5) is 21.6 Å². The van der Waals surface area contributed by atoms with Crippen molar-refractivity contribution in [1.82, 2.24) is 14.6 Å². The highest BCUT2D eigenvalue weighted by Crippen LogP contribution is 2.44. The van der Waals surface area contributed by atoms with Crippen molar-refractivity contribution >= 4 is 67.6 Å². The van der Waals surface area contributed by atoms with Gasteiger partial charge in [-0.2, -0.15) is 4.72 Å². The Morgan fingerprint density at radius 2 is 1.78 bits per heavy atom. The van der Waals surface area contributed by atoms with E-state index in [0.29, 0.717) is 10.2 Å². The van der Waals surface area contributed by atoms with Gasteiger partial charge in [0.25, 0.3) is 5.91 Å². The molecule has 7 rings (SSSR count). The Hall–Kier alpha value is -4.45. The van der Waals surface area contributed by atoms with Gasteiger partial charge in [0.2, 0.25) is 0 Å². The van der Waals surface area contributed by atoms with Gasteiger partial charge in [-0.3, -0.25) is 19.8 Å².